The van der Waals surface area contributed by atoms with Crippen molar-refractivity contribution in [2.24, 2.45) is 0 Å². The quantitative estimate of drug-likeness (QED) is 0.314. The minimum atomic E-state index is -4.08. The highest BCUT2D eigenvalue weighted by Gasteiger charge is 2.34. The van der Waals surface area contributed by atoms with Crippen LogP contribution in [0.3, 0.4) is 0 Å². The number of nitrogens with zero attached hydrogens (tertiary/aromatic N) is 2. The van der Waals surface area contributed by atoms with Crippen molar-refractivity contribution < 1.29 is 18.0 Å². The summed E-state index contributed by atoms with van der Waals surface area (Å²) in [6, 6.07) is 21.5. The van der Waals surface area contributed by atoms with Crippen LogP contribution in [0.5, 0.6) is 0 Å². The Morgan fingerprint density at radius 3 is 2.27 bits per heavy atom. The lowest BCUT2D eigenvalue weighted by Crippen LogP contribution is -2.53. The molecule has 0 aromatic heterocycles. The highest BCUT2D eigenvalue weighted by atomic mass is 35.5. The van der Waals surface area contributed by atoms with Crippen LogP contribution in [0.15, 0.2) is 83.8 Å². The number of benzene rings is 3. The highest BCUT2D eigenvalue weighted by molar-refractivity contribution is 7.92. The summed E-state index contributed by atoms with van der Waals surface area (Å²) < 4.78 is 28.9. The van der Waals surface area contributed by atoms with E-state index in [1.807, 2.05) is 32.0 Å². The molecule has 3 aromatic carbocycles. The Balaban J connectivity index is 1.70. The molecular formula is C31H36ClN3O4S. The van der Waals surface area contributed by atoms with Gasteiger partial charge >= 0.3 is 0 Å². The van der Waals surface area contributed by atoms with Crippen LogP contribution in [0.1, 0.15) is 50.2 Å². The van der Waals surface area contributed by atoms with Crippen molar-refractivity contribution in [3.63, 3.8) is 0 Å². The van der Waals surface area contributed by atoms with Crippen LogP contribution in [0.2, 0.25) is 5.02 Å². The molecule has 1 atom stereocenters. The molecule has 4 rings (SSSR count). The van der Waals surface area contributed by atoms with E-state index in [2.05, 4.69) is 5.32 Å². The molecule has 0 bridgehead atoms. The second-order valence-corrected chi connectivity index (χ2v) is 12.5. The molecule has 1 N–H and O–H groups in total. The molecule has 40 heavy (non-hydrogen) atoms. The third kappa shape index (κ3) is 7.23. The molecular weight excluding hydrogens is 546 g/mol. The van der Waals surface area contributed by atoms with E-state index in [1.54, 1.807) is 48.5 Å². The second-order valence-electron chi connectivity index (χ2n) is 10.2. The van der Waals surface area contributed by atoms with Crippen molar-refractivity contribution in [2.75, 3.05) is 10.8 Å². The first-order valence-electron chi connectivity index (χ1n) is 13.7. The number of hydrogen-bond donors (Lipinski definition) is 1. The summed E-state index contributed by atoms with van der Waals surface area (Å²) in [5.41, 5.74) is 2.03. The minimum Gasteiger partial charge on any atom is -0.352 e. The van der Waals surface area contributed by atoms with E-state index in [1.165, 1.54) is 17.0 Å². The highest BCUT2D eigenvalue weighted by Crippen LogP contribution is 2.26. The van der Waals surface area contributed by atoms with Crippen LogP contribution in [-0.2, 0) is 26.2 Å². The van der Waals surface area contributed by atoms with E-state index < -0.39 is 28.5 Å². The van der Waals surface area contributed by atoms with Crippen LogP contribution in [0, 0.1) is 6.92 Å². The monoisotopic (exact) mass is 581 g/mol. The Labute approximate surface area is 242 Å². The maximum absolute atomic E-state index is 14.1. The van der Waals surface area contributed by atoms with Gasteiger partial charge in [0.15, 0.2) is 0 Å². The first-order valence-corrected chi connectivity index (χ1v) is 15.5. The van der Waals surface area contributed by atoms with Gasteiger partial charge in [-0.3, -0.25) is 13.9 Å². The van der Waals surface area contributed by atoms with E-state index in [4.69, 9.17) is 11.6 Å². The number of amides is 2. The van der Waals surface area contributed by atoms with Crippen LogP contribution in [0.4, 0.5) is 5.69 Å². The Morgan fingerprint density at radius 1 is 0.975 bits per heavy atom. The van der Waals surface area contributed by atoms with Crippen LogP contribution in [-0.4, -0.2) is 43.8 Å². The Bertz CT molecular complexity index is 1410. The second kappa shape index (κ2) is 13.3. The average Bonchev–Trinajstić information content (AvgIpc) is 3.46. The molecule has 7 nitrogen and oxygen atoms in total. The summed E-state index contributed by atoms with van der Waals surface area (Å²) in [6.07, 6.45) is 4.36. The van der Waals surface area contributed by atoms with E-state index in [9.17, 15) is 18.0 Å². The smallest absolute Gasteiger partial charge is 0.264 e. The van der Waals surface area contributed by atoms with Crippen LogP contribution in [0.25, 0.3) is 0 Å². The fourth-order valence-corrected chi connectivity index (χ4v) is 6.66. The van der Waals surface area contributed by atoms with Gasteiger partial charge in [-0.25, -0.2) is 8.42 Å². The first kappa shape index (κ1) is 29.6. The van der Waals surface area contributed by atoms with Gasteiger partial charge in [-0.2, -0.15) is 0 Å². The Hall–Kier alpha value is -3.36. The molecule has 9 heteroatoms. The number of aryl methyl sites for hydroxylation is 1. The molecule has 0 unspecified atom stereocenters. The summed E-state index contributed by atoms with van der Waals surface area (Å²) in [7, 11) is -4.08. The number of nitrogens with one attached hydrogen (secondary N) is 1. The topological polar surface area (TPSA) is 86.8 Å². The summed E-state index contributed by atoms with van der Waals surface area (Å²) in [5, 5.41) is 3.69. The fourth-order valence-electron chi connectivity index (χ4n) is 5.11. The first-order chi connectivity index (χ1) is 19.2. The van der Waals surface area contributed by atoms with E-state index in [0.717, 1.165) is 41.1 Å². The van der Waals surface area contributed by atoms with Gasteiger partial charge in [0.05, 0.1) is 10.6 Å². The van der Waals surface area contributed by atoms with E-state index in [-0.39, 0.29) is 23.4 Å². The predicted molar refractivity (Wildman–Crippen MR) is 159 cm³/mol. The van der Waals surface area contributed by atoms with E-state index in [0.29, 0.717) is 17.1 Å². The zero-order chi connectivity index (χ0) is 28.7. The van der Waals surface area contributed by atoms with Crippen molar-refractivity contribution in [3.8, 4) is 0 Å². The normalized spacial score (nSPS) is 14.5. The lowest BCUT2D eigenvalue weighted by molar-refractivity contribution is -0.140. The third-order valence-electron chi connectivity index (χ3n) is 7.25. The molecule has 1 saturated carbocycles. The largest absolute Gasteiger partial charge is 0.352 e. The maximum Gasteiger partial charge on any atom is 0.264 e. The van der Waals surface area contributed by atoms with Crippen molar-refractivity contribution in [1.29, 1.82) is 0 Å². The number of sulfonamides is 1. The maximum atomic E-state index is 14.1. The molecule has 0 aliphatic heterocycles. The van der Waals surface area contributed by atoms with Gasteiger partial charge in [0.25, 0.3) is 10.0 Å². The van der Waals surface area contributed by atoms with Gasteiger partial charge < -0.3 is 10.2 Å². The molecule has 0 spiro atoms. The molecule has 212 valence electrons. The van der Waals surface area contributed by atoms with Gasteiger partial charge in [-0.1, -0.05) is 73.8 Å². The molecule has 0 saturated heterocycles. The van der Waals surface area contributed by atoms with Gasteiger partial charge in [0.1, 0.15) is 12.6 Å². The summed E-state index contributed by atoms with van der Waals surface area (Å²) in [4.78, 5) is 29.2. The number of carbonyl (C=O) groups is 2. The van der Waals surface area contributed by atoms with Gasteiger partial charge in [0, 0.05) is 17.6 Å². The molecule has 1 aliphatic rings. The third-order valence-corrected chi connectivity index (χ3v) is 9.29. The number of rotatable bonds is 11. The number of anilines is 1. The minimum absolute atomic E-state index is 0.0829. The van der Waals surface area contributed by atoms with Crippen molar-refractivity contribution in [2.45, 2.75) is 69.5 Å². The molecule has 0 radical (unpaired) electrons. The lowest BCUT2D eigenvalue weighted by atomic mass is 10.1. The van der Waals surface area contributed by atoms with Gasteiger partial charge in [-0.15, -0.1) is 0 Å². The summed E-state index contributed by atoms with van der Waals surface area (Å²) in [5.74, 6) is -0.686. The number of hydrogen-bond acceptors (Lipinski definition) is 4. The standard InChI is InChI=1S/C31H36ClN3O4S/c1-3-29(31(37)33-26-11-7-8-12-26)34(21-24-16-18-25(32)19-17-24)30(36)22-35(27-13-9-10-23(2)20-27)40(38,39)28-14-5-4-6-15-28/h4-6,9-10,13-20,26,29H,3,7-8,11-12,21-22H2,1-2H3,(H,33,37)/t29-/m0/s1. The Morgan fingerprint density at radius 2 is 1.65 bits per heavy atom. The zero-order valence-electron chi connectivity index (χ0n) is 22.9. The van der Waals surface area contributed by atoms with Crippen LogP contribution < -0.4 is 9.62 Å². The molecule has 0 heterocycles. The van der Waals surface area contributed by atoms with Crippen molar-refractivity contribution in [3.05, 3.63) is 95.0 Å². The van der Waals surface area contributed by atoms with Gasteiger partial charge in [-0.05, 0) is 73.7 Å². The number of carbonyl (C=O) groups excluding carboxylic acids is 2. The van der Waals surface area contributed by atoms with Crippen LogP contribution >= 0.6 is 11.6 Å². The van der Waals surface area contributed by atoms with Gasteiger partial charge in [0.2, 0.25) is 11.8 Å². The lowest BCUT2D eigenvalue weighted by Gasteiger charge is -2.34. The van der Waals surface area contributed by atoms with Crippen molar-refractivity contribution in [1.82, 2.24) is 10.2 Å². The zero-order valence-corrected chi connectivity index (χ0v) is 24.5. The molecule has 2 amide bonds. The molecule has 1 fully saturated rings. The molecule has 3 aromatic rings. The predicted octanol–water partition coefficient (Wildman–Crippen LogP) is 5.71. The average molecular weight is 582 g/mol. The van der Waals surface area contributed by atoms with Crippen molar-refractivity contribution >= 4 is 39.1 Å². The fraction of sp³-hybridized carbons (Fsp3) is 0.355. The van der Waals surface area contributed by atoms with E-state index >= 15 is 0 Å². The molecule has 1 aliphatic carbocycles. The summed E-state index contributed by atoms with van der Waals surface area (Å²) >= 11 is 6.09. The SMILES string of the molecule is CC[C@@H](C(=O)NC1CCCC1)N(Cc1ccc(Cl)cc1)C(=O)CN(c1cccc(C)c1)S(=O)(=O)c1ccccc1. The number of halogens is 1. The Kier molecular flexibility index (Phi) is 9.87. The summed E-state index contributed by atoms with van der Waals surface area (Å²) in [6.45, 7) is 3.41.